The maximum Gasteiger partial charge on any atom is 0.276 e. The fourth-order valence-electron chi connectivity index (χ4n) is 1.58. The van der Waals surface area contributed by atoms with Gasteiger partial charge in [-0.1, -0.05) is 18.2 Å². The molecule has 22 heavy (non-hydrogen) atoms. The van der Waals surface area contributed by atoms with E-state index in [9.17, 15) is 14.0 Å². The third-order valence-corrected chi connectivity index (χ3v) is 3.29. The Labute approximate surface area is 134 Å². The van der Waals surface area contributed by atoms with E-state index in [1.807, 2.05) is 0 Å². The number of rotatable bonds is 4. The summed E-state index contributed by atoms with van der Waals surface area (Å²) in [7, 11) is 0. The Kier molecular flexibility index (Phi) is 5.48. The van der Waals surface area contributed by atoms with E-state index in [1.54, 1.807) is 24.3 Å². The van der Waals surface area contributed by atoms with E-state index >= 15 is 0 Å². The number of benzene rings is 2. The molecule has 0 spiro atoms. The number of carbonyl (C=O) groups is 2. The number of nitrogens with one attached hydrogen (secondary N) is 2. The molecule has 0 saturated heterocycles. The van der Waals surface area contributed by atoms with Gasteiger partial charge in [-0.25, -0.2) is 4.39 Å². The summed E-state index contributed by atoms with van der Waals surface area (Å²) in [5.41, 5.74) is 4.86. The molecule has 0 radical (unpaired) electrons. The van der Waals surface area contributed by atoms with E-state index in [0.29, 0.717) is 10.0 Å². The van der Waals surface area contributed by atoms with Crippen LogP contribution in [-0.2, 0) is 4.79 Å². The Hall–Kier alpha value is -2.41. The first-order valence-electron chi connectivity index (χ1n) is 6.28. The molecule has 2 N–H and O–H groups in total. The van der Waals surface area contributed by atoms with Crippen LogP contribution in [0, 0.1) is 5.82 Å². The van der Waals surface area contributed by atoms with Crippen LogP contribution in [0.15, 0.2) is 53.0 Å². The minimum absolute atomic E-state index is 0.229. The first kappa shape index (κ1) is 16.0. The molecule has 2 aromatic carbocycles. The first-order chi connectivity index (χ1) is 10.6. The molecule has 2 aromatic rings. The van der Waals surface area contributed by atoms with Crippen LogP contribution in [0.2, 0.25) is 0 Å². The largest absolute Gasteiger partial charge is 0.484 e. The Morgan fingerprint density at radius 3 is 2.59 bits per heavy atom. The zero-order chi connectivity index (χ0) is 15.9. The van der Waals surface area contributed by atoms with Gasteiger partial charge in [-0.15, -0.1) is 0 Å². The number of amides is 2. The quantitative estimate of drug-likeness (QED) is 0.816. The lowest BCUT2D eigenvalue weighted by molar-refractivity contribution is -0.123. The first-order valence-corrected chi connectivity index (χ1v) is 7.07. The van der Waals surface area contributed by atoms with Crippen molar-refractivity contribution in [2.75, 3.05) is 6.61 Å². The Morgan fingerprint density at radius 2 is 1.86 bits per heavy atom. The molecule has 0 aliphatic carbocycles. The zero-order valence-corrected chi connectivity index (χ0v) is 12.9. The number of ether oxygens (including phenoxy) is 1. The van der Waals surface area contributed by atoms with E-state index in [1.165, 1.54) is 18.2 Å². The average Bonchev–Trinajstić information content (AvgIpc) is 2.51. The molecule has 5 nitrogen and oxygen atoms in total. The maximum atomic E-state index is 12.9. The van der Waals surface area contributed by atoms with Crippen molar-refractivity contribution in [1.29, 1.82) is 0 Å². The smallest absolute Gasteiger partial charge is 0.276 e. The van der Waals surface area contributed by atoms with Crippen molar-refractivity contribution in [3.63, 3.8) is 0 Å². The standard InChI is InChI=1S/C15H12BrFN2O3/c16-13-7-2-1-6-12(13)15(21)19-18-14(20)9-22-11-5-3-4-10(17)8-11/h1-8H,9H2,(H,18,20)(H,19,21). The van der Waals surface area contributed by atoms with Crippen LogP contribution in [0.4, 0.5) is 4.39 Å². The topological polar surface area (TPSA) is 67.4 Å². The summed E-state index contributed by atoms with van der Waals surface area (Å²) in [6.07, 6.45) is 0. The predicted molar refractivity (Wildman–Crippen MR) is 81.6 cm³/mol. The van der Waals surface area contributed by atoms with Crippen LogP contribution in [0.1, 0.15) is 10.4 Å². The van der Waals surface area contributed by atoms with Gasteiger partial charge in [0.2, 0.25) is 0 Å². The SMILES string of the molecule is O=C(COc1cccc(F)c1)NNC(=O)c1ccccc1Br. The average molecular weight is 367 g/mol. The van der Waals surface area contributed by atoms with Crippen molar-refractivity contribution < 1.29 is 18.7 Å². The molecule has 7 heteroatoms. The molecule has 114 valence electrons. The number of hydrogen-bond donors (Lipinski definition) is 2. The monoisotopic (exact) mass is 366 g/mol. The van der Waals surface area contributed by atoms with Crippen molar-refractivity contribution >= 4 is 27.7 Å². The fourth-order valence-corrected chi connectivity index (χ4v) is 2.05. The molecule has 0 aliphatic rings. The molecule has 0 bridgehead atoms. The van der Waals surface area contributed by atoms with Crippen molar-refractivity contribution in [2.45, 2.75) is 0 Å². The molecular weight excluding hydrogens is 355 g/mol. The molecule has 2 amide bonds. The van der Waals surface area contributed by atoms with Crippen LogP contribution in [0.5, 0.6) is 5.75 Å². The Bertz CT molecular complexity index is 694. The van der Waals surface area contributed by atoms with Gasteiger partial charge in [-0.05, 0) is 40.2 Å². The van der Waals surface area contributed by atoms with E-state index < -0.39 is 17.6 Å². The van der Waals surface area contributed by atoms with Gasteiger partial charge >= 0.3 is 0 Å². The molecular formula is C15H12BrFN2O3. The third-order valence-electron chi connectivity index (χ3n) is 2.60. The van der Waals surface area contributed by atoms with Gasteiger partial charge in [0.15, 0.2) is 6.61 Å². The highest BCUT2D eigenvalue weighted by atomic mass is 79.9. The Morgan fingerprint density at radius 1 is 1.09 bits per heavy atom. The molecule has 0 unspecified atom stereocenters. The summed E-state index contributed by atoms with van der Waals surface area (Å²) in [5, 5.41) is 0. The minimum Gasteiger partial charge on any atom is -0.484 e. The van der Waals surface area contributed by atoms with Gasteiger partial charge in [0.1, 0.15) is 11.6 Å². The van der Waals surface area contributed by atoms with Crippen LogP contribution in [0.25, 0.3) is 0 Å². The summed E-state index contributed by atoms with van der Waals surface area (Å²) in [6.45, 7) is -0.348. The van der Waals surface area contributed by atoms with Gasteiger partial charge in [0, 0.05) is 10.5 Å². The highest BCUT2D eigenvalue weighted by Crippen LogP contribution is 2.15. The minimum atomic E-state index is -0.565. The second-order valence-electron chi connectivity index (χ2n) is 4.23. The normalized spacial score (nSPS) is 9.91. The van der Waals surface area contributed by atoms with Crippen molar-refractivity contribution in [1.82, 2.24) is 10.9 Å². The van der Waals surface area contributed by atoms with Crippen LogP contribution >= 0.6 is 15.9 Å². The van der Waals surface area contributed by atoms with E-state index in [4.69, 9.17) is 4.74 Å². The summed E-state index contributed by atoms with van der Waals surface area (Å²) in [6, 6.07) is 12.2. The lowest BCUT2D eigenvalue weighted by Crippen LogP contribution is -2.43. The van der Waals surface area contributed by atoms with E-state index in [-0.39, 0.29) is 12.4 Å². The number of halogens is 2. The van der Waals surface area contributed by atoms with Crippen molar-refractivity contribution in [3.8, 4) is 5.75 Å². The predicted octanol–water partition coefficient (Wildman–Crippen LogP) is 2.43. The summed E-state index contributed by atoms with van der Waals surface area (Å²) < 4.78 is 18.6. The van der Waals surface area contributed by atoms with E-state index in [2.05, 4.69) is 26.8 Å². The van der Waals surface area contributed by atoms with Crippen molar-refractivity contribution in [2.24, 2.45) is 0 Å². The molecule has 0 aromatic heterocycles. The maximum absolute atomic E-state index is 12.9. The fraction of sp³-hybridized carbons (Fsp3) is 0.0667. The number of hydrazine groups is 1. The lowest BCUT2D eigenvalue weighted by Gasteiger charge is -2.09. The molecule has 0 fully saturated rings. The van der Waals surface area contributed by atoms with Gasteiger partial charge < -0.3 is 4.74 Å². The number of carbonyl (C=O) groups excluding carboxylic acids is 2. The highest BCUT2D eigenvalue weighted by molar-refractivity contribution is 9.10. The molecule has 0 saturated carbocycles. The molecule has 0 heterocycles. The second kappa shape index (κ2) is 7.56. The lowest BCUT2D eigenvalue weighted by atomic mass is 10.2. The highest BCUT2D eigenvalue weighted by Gasteiger charge is 2.10. The summed E-state index contributed by atoms with van der Waals surface area (Å²) in [5.74, 6) is -1.26. The van der Waals surface area contributed by atoms with Crippen LogP contribution < -0.4 is 15.6 Å². The van der Waals surface area contributed by atoms with Crippen LogP contribution in [-0.4, -0.2) is 18.4 Å². The third kappa shape index (κ3) is 4.56. The second-order valence-corrected chi connectivity index (χ2v) is 5.08. The van der Waals surface area contributed by atoms with Crippen molar-refractivity contribution in [3.05, 3.63) is 64.4 Å². The van der Waals surface area contributed by atoms with E-state index in [0.717, 1.165) is 6.07 Å². The number of hydrogen-bond acceptors (Lipinski definition) is 3. The van der Waals surface area contributed by atoms with Crippen LogP contribution in [0.3, 0.4) is 0 Å². The Balaban J connectivity index is 1.81. The molecule has 2 rings (SSSR count). The van der Waals surface area contributed by atoms with Gasteiger partial charge in [0.05, 0.1) is 5.56 Å². The molecule has 0 atom stereocenters. The molecule has 0 aliphatic heterocycles. The van der Waals surface area contributed by atoms with Gasteiger partial charge in [0.25, 0.3) is 11.8 Å². The van der Waals surface area contributed by atoms with Gasteiger partial charge in [-0.2, -0.15) is 0 Å². The van der Waals surface area contributed by atoms with Gasteiger partial charge in [-0.3, -0.25) is 20.4 Å². The summed E-state index contributed by atoms with van der Waals surface area (Å²) >= 11 is 3.24. The zero-order valence-electron chi connectivity index (χ0n) is 11.3. The summed E-state index contributed by atoms with van der Waals surface area (Å²) in [4.78, 5) is 23.4.